The molecule has 1 aromatic rings. The van der Waals surface area contributed by atoms with Gasteiger partial charge in [0.1, 0.15) is 12.4 Å². The van der Waals surface area contributed by atoms with Crippen LogP contribution in [-0.2, 0) is 4.74 Å². The first kappa shape index (κ1) is 5.96. The Hall–Kier alpha value is -1.58. The molecule has 4 heteroatoms. The van der Waals surface area contributed by atoms with Crippen molar-refractivity contribution in [2.24, 2.45) is 0 Å². The van der Waals surface area contributed by atoms with Gasteiger partial charge < -0.3 is 10.1 Å². The Morgan fingerprint density at radius 2 is 2.23 bits per heavy atom. The molecule has 1 aliphatic rings. The van der Waals surface area contributed by atoms with Gasteiger partial charge in [-0.1, -0.05) is 12.1 Å². The van der Waals surface area contributed by atoms with E-state index in [1.54, 1.807) is 0 Å². The molecule has 1 aromatic carbocycles. The monoisotopic (exact) mass is 183 g/mol. The molecule has 1 aliphatic heterocycles. The standard InChI is InChI=1S/C9H8FNO2/c10-7-3-1-6(2-4-7)8-5-13-9(12)11-8/h1-4,8H,5H2,(H,11,12)/t8-/m1/s1/i5D2. The van der Waals surface area contributed by atoms with Gasteiger partial charge in [-0.05, 0) is 17.7 Å². The Morgan fingerprint density at radius 3 is 2.77 bits per heavy atom. The fourth-order valence-corrected chi connectivity index (χ4v) is 1.10. The van der Waals surface area contributed by atoms with Crippen LogP contribution in [-0.4, -0.2) is 12.7 Å². The lowest BCUT2D eigenvalue weighted by Gasteiger charge is -2.06. The van der Waals surface area contributed by atoms with E-state index in [1.807, 2.05) is 0 Å². The molecule has 0 aromatic heterocycles. The molecule has 0 radical (unpaired) electrons. The second-order valence-electron chi connectivity index (χ2n) is 2.64. The predicted octanol–water partition coefficient (Wildman–Crippen LogP) is 1.61. The van der Waals surface area contributed by atoms with E-state index in [-0.39, 0.29) is 0 Å². The summed E-state index contributed by atoms with van der Waals surface area (Å²) in [5.41, 5.74) is 0.465. The van der Waals surface area contributed by atoms with Crippen LogP contribution >= 0.6 is 0 Å². The van der Waals surface area contributed by atoms with Crippen molar-refractivity contribution in [1.29, 1.82) is 0 Å². The van der Waals surface area contributed by atoms with E-state index in [2.05, 4.69) is 10.1 Å². The quantitative estimate of drug-likeness (QED) is 0.718. The lowest BCUT2D eigenvalue weighted by Crippen LogP contribution is -2.18. The zero-order valence-corrected chi connectivity index (χ0v) is 6.58. The van der Waals surface area contributed by atoms with Crippen molar-refractivity contribution in [3.8, 4) is 0 Å². The predicted molar refractivity (Wildman–Crippen MR) is 43.6 cm³/mol. The van der Waals surface area contributed by atoms with Gasteiger partial charge >= 0.3 is 6.09 Å². The summed E-state index contributed by atoms with van der Waals surface area (Å²) in [6.45, 7) is -2.10. The van der Waals surface area contributed by atoms with Crippen LogP contribution in [0.25, 0.3) is 0 Å². The number of hydrogen-bond donors (Lipinski definition) is 1. The Labute approximate surface area is 77.3 Å². The molecule has 1 amide bonds. The van der Waals surface area contributed by atoms with Crippen LogP contribution in [0.15, 0.2) is 24.3 Å². The lowest BCUT2D eigenvalue weighted by atomic mass is 10.1. The van der Waals surface area contributed by atoms with Gasteiger partial charge in [-0.3, -0.25) is 0 Å². The number of amides is 1. The van der Waals surface area contributed by atoms with Crippen molar-refractivity contribution < 1.29 is 16.7 Å². The fourth-order valence-electron chi connectivity index (χ4n) is 1.10. The van der Waals surface area contributed by atoms with Crippen LogP contribution in [0.2, 0.25) is 0 Å². The highest BCUT2D eigenvalue weighted by atomic mass is 19.1. The molecule has 1 fully saturated rings. The zero-order chi connectivity index (χ0) is 11.1. The summed E-state index contributed by atoms with van der Waals surface area (Å²) < 4.78 is 31.9. The average Bonchev–Trinajstić information content (AvgIpc) is 2.41. The van der Waals surface area contributed by atoms with Gasteiger partial charge in [0.05, 0.1) is 8.78 Å². The van der Waals surface area contributed by atoms with Crippen molar-refractivity contribution >= 4 is 6.09 Å². The number of cyclic esters (lactones) is 1. The SMILES string of the molecule is [2H]C1([2H])OC(=O)N[C@H]1c1ccc(F)cc1. The average molecular weight is 183 g/mol. The third kappa shape index (κ3) is 1.61. The largest absolute Gasteiger partial charge is 0.447 e. The van der Waals surface area contributed by atoms with Gasteiger partial charge in [0.15, 0.2) is 0 Å². The maximum atomic E-state index is 12.6. The van der Waals surface area contributed by atoms with E-state index in [0.717, 1.165) is 0 Å². The smallest absolute Gasteiger partial charge is 0.407 e. The minimum absolute atomic E-state index is 0.412. The summed E-state index contributed by atoms with van der Waals surface area (Å²) in [4.78, 5) is 10.9. The molecule has 0 aliphatic carbocycles. The van der Waals surface area contributed by atoms with Gasteiger partial charge in [0.2, 0.25) is 0 Å². The first-order chi connectivity index (χ1) is 6.99. The number of alkyl carbamates (subject to hydrolysis) is 1. The van der Waals surface area contributed by atoms with Crippen molar-refractivity contribution in [2.45, 2.75) is 6.04 Å². The van der Waals surface area contributed by atoms with Crippen molar-refractivity contribution in [3.63, 3.8) is 0 Å². The van der Waals surface area contributed by atoms with Crippen LogP contribution in [0.3, 0.4) is 0 Å². The van der Waals surface area contributed by atoms with Crippen LogP contribution in [0.4, 0.5) is 9.18 Å². The molecule has 68 valence electrons. The Balaban J connectivity index is 2.31. The summed E-state index contributed by atoms with van der Waals surface area (Å²) >= 11 is 0. The number of rotatable bonds is 1. The molecule has 1 atom stereocenters. The third-order valence-electron chi connectivity index (χ3n) is 1.74. The number of carbonyl (C=O) groups is 1. The number of nitrogens with one attached hydrogen (secondary N) is 1. The number of benzene rings is 1. The van der Waals surface area contributed by atoms with Gasteiger partial charge in [-0.2, -0.15) is 0 Å². The highest BCUT2D eigenvalue weighted by molar-refractivity contribution is 5.70. The lowest BCUT2D eigenvalue weighted by molar-refractivity contribution is 0.177. The van der Waals surface area contributed by atoms with Gasteiger partial charge in [0.25, 0.3) is 0 Å². The first-order valence-electron chi connectivity index (χ1n) is 4.74. The second-order valence-corrected chi connectivity index (χ2v) is 2.64. The van der Waals surface area contributed by atoms with E-state index < -0.39 is 24.5 Å². The topological polar surface area (TPSA) is 38.3 Å². The minimum atomic E-state index is -2.10. The van der Waals surface area contributed by atoms with Crippen molar-refractivity contribution in [3.05, 3.63) is 35.6 Å². The van der Waals surface area contributed by atoms with E-state index >= 15 is 0 Å². The molecule has 3 nitrogen and oxygen atoms in total. The normalized spacial score (nSPS) is 27.2. The summed E-state index contributed by atoms with van der Waals surface area (Å²) in [6.07, 6.45) is -0.811. The summed E-state index contributed by atoms with van der Waals surface area (Å²) in [5, 5.41) is 2.32. The maximum absolute atomic E-state index is 12.6. The molecule has 13 heavy (non-hydrogen) atoms. The van der Waals surface area contributed by atoms with Gasteiger partial charge in [0, 0.05) is 0 Å². The van der Waals surface area contributed by atoms with Crippen LogP contribution in [0.1, 0.15) is 14.3 Å². The molecule has 0 bridgehead atoms. The van der Waals surface area contributed by atoms with Crippen LogP contribution in [0, 0.1) is 5.82 Å². The van der Waals surface area contributed by atoms with Crippen LogP contribution in [0.5, 0.6) is 0 Å². The maximum Gasteiger partial charge on any atom is 0.407 e. The minimum Gasteiger partial charge on any atom is -0.447 e. The van der Waals surface area contributed by atoms with Gasteiger partial charge in [-0.15, -0.1) is 0 Å². The summed E-state index contributed by atoms with van der Waals surface area (Å²) in [7, 11) is 0. The van der Waals surface area contributed by atoms with E-state index in [0.29, 0.717) is 5.56 Å². The van der Waals surface area contributed by atoms with E-state index in [1.165, 1.54) is 24.3 Å². The highest BCUT2D eigenvalue weighted by Gasteiger charge is 2.23. The molecule has 0 saturated carbocycles. The molecule has 0 unspecified atom stereocenters. The summed E-state index contributed by atoms with van der Waals surface area (Å²) in [5.74, 6) is -0.412. The van der Waals surface area contributed by atoms with Gasteiger partial charge in [-0.25, -0.2) is 9.18 Å². The van der Waals surface area contributed by atoms with Crippen LogP contribution < -0.4 is 5.32 Å². The summed E-state index contributed by atoms with van der Waals surface area (Å²) in [6, 6.07) is 4.33. The number of ether oxygens (including phenoxy) is 1. The Kier molecular flexibility index (Phi) is 1.40. The Bertz CT molecular complexity index is 394. The third-order valence-corrected chi connectivity index (χ3v) is 1.74. The highest BCUT2D eigenvalue weighted by Crippen LogP contribution is 2.17. The molecule has 2 rings (SSSR count). The fraction of sp³-hybridized carbons (Fsp3) is 0.222. The van der Waals surface area contributed by atoms with E-state index in [9.17, 15) is 9.18 Å². The number of halogens is 1. The Morgan fingerprint density at radius 1 is 1.54 bits per heavy atom. The number of hydrogen-bond acceptors (Lipinski definition) is 2. The van der Waals surface area contributed by atoms with E-state index in [4.69, 9.17) is 2.74 Å². The van der Waals surface area contributed by atoms with Crippen molar-refractivity contribution in [1.82, 2.24) is 5.32 Å². The molecule has 1 heterocycles. The first-order valence-corrected chi connectivity index (χ1v) is 3.74. The second kappa shape index (κ2) is 3.05. The number of carbonyl (C=O) groups excluding carboxylic acids is 1. The molecular formula is C9H8FNO2. The molecule has 1 N–H and O–H groups in total. The molecule has 0 spiro atoms. The van der Waals surface area contributed by atoms with Crippen molar-refractivity contribution in [2.75, 3.05) is 6.56 Å². The molecule has 1 saturated heterocycles. The zero-order valence-electron chi connectivity index (χ0n) is 8.58. The molecular weight excluding hydrogens is 173 g/mol.